The van der Waals surface area contributed by atoms with Crippen molar-refractivity contribution in [3.63, 3.8) is 0 Å². The summed E-state index contributed by atoms with van der Waals surface area (Å²) in [7, 11) is 0. The highest BCUT2D eigenvalue weighted by Gasteiger charge is 2.23. The van der Waals surface area contributed by atoms with Crippen molar-refractivity contribution in [2.24, 2.45) is 0 Å². The van der Waals surface area contributed by atoms with Gasteiger partial charge in [0.1, 0.15) is 0 Å². The molecule has 3 aromatic heterocycles. The summed E-state index contributed by atoms with van der Waals surface area (Å²) in [4.78, 5) is 25.0. The highest BCUT2D eigenvalue weighted by atomic mass is 15.2. The minimum Gasteiger partial charge on any atom is -0.311 e. The fourth-order valence-electron chi connectivity index (χ4n) is 15.3. The van der Waals surface area contributed by atoms with Crippen LogP contribution in [0.2, 0.25) is 0 Å². The number of hydrogen-bond donors (Lipinski definition) is 0. The fraction of sp³-hybridized carbons (Fsp3) is 0. The van der Waals surface area contributed by atoms with Gasteiger partial charge >= 0.3 is 0 Å². The normalized spacial score (nSPS) is 11.3. The third-order valence-electron chi connectivity index (χ3n) is 20.3. The Kier molecular flexibility index (Phi) is 16.7. The molecule has 3 heterocycles. The summed E-state index contributed by atoms with van der Waals surface area (Å²) >= 11 is 0. The number of hydrogen-bond acceptors (Lipinski definition) is 7. The molecular weight excluding hydrogens is 1320 g/mol. The average Bonchev–Trinajstić information content (AvgIpc) is 1.59. The summed E-state index contributed by atoms with van der Waals surface area (Å²) < 4.78 is 4.77. The quantitative estimate of drug-likeness (QED) is 0.0848. The lowest BCUT2D eigenvalue weighted by Gasteiger charge is -2.26. The smallest absolute Gasteiger partial charge is 0.164 e. The van der Waals surface area contributed by atoms with Crippen LogP contribution in [0.15, 0.2) is 419 Å². The number of fused-ring (bicyclic) bond motifs is 6. The van der Waals surface area contributed by atoms with E-state index < -0.39 is 0 Å². The molecule has 9 nitrogen and oxygen atoms in total. The Morgan fingerprint density at radius 2 is 0.389 bits per heavy atom. The van der Waals surface area contributed by atoms with E-state index in [2.05, 4.69) is 423 Å². The standard InChI is InChI=1S/C99H69N9/c1-7-27-75(28-8-1)103(76-29-9-2-10-30-76)81-53-46-70(47-54-81)97-100-98(71-48-55-82(56-49-71)104(77-31-11-3-12-32-77)78-33-13-4-14-34-78)102-99(101-97)72-50-57-83(58-51-72)106(80-37-17-6-18-38-80)88-39-25-26-73(68-88)74-52-67-96-92(69-74)91-42-21-24-45-95(91)108(96)87-65-61-85(62-66-87)105(79-35-15-5-16-36-79)84-59-63-86(64-60-84)107-93-43-22-19-40-89(93)90-41-20-23-44-94(90)107/h1-69H. The Morgan fingerprint density at radius 3 is 0.713 bits per heavy atom. The summed E-state index contributed by atoms with van der Waals surface area (Å²) in [5.74, 6) is 1.69. The van der Waals surface area contributed by atoms with Crippen LogP contribution in [0.3, 0.4) is 0 Å². The number of para-hydroxylation sites is 9. The molecule has 0 atom stereocenters. The molecule has 0 saturated carbocycles. The molecule has 0 aliphatic heterocycles. The molecule has 0 bridgehead atoms. The van der Waals surface area contributed by atoms with Crippen molar-refractivity contribution < 1.29 is 0 Å². The van der Waals surface area contributed by atoms with Crippen LogP contribution in [0, 0.1) is 0 Å². The lowest BCUT2D eigenvalue weighted by molar-refractivity contribution is 1.07. The monoisotopic (exact) mass is 1380 g/mol. The SMILES string of the molecule is c1ccc(N(c2ccccc2)c2ccc(-c3nc(-c4ccc(N(c5ccccc5)c5ccccc5)cc4)nc(-c4ccc(N(c5ccccc5)c5cccc(-c6ccc7c(c6)c6ccccc6n7-c6ccc(N(c7ccccc7)c7ccc(-n8c9ccccc9c9ccccc98)cc7)cc6)c5)cc4)n3)cc2)cc1. The van der Waals surface area contributed by atoms with Crippen molar-refractivity contribution in [2.75, 3.05) is 19.6 Å². The summed E-state index contributed by atoms with van der Waals surface area (Å²) in [5.41, 5.74) is 24.2. The molecule has 108 heavy (non-hydrogen) atoms. The lowest BCUT2D eigenvalue weighted by atomic mass is 10.0. The Balaban J connectivity index is 0.646. The van der Waals surface area contributed by atoms with Crippen molar-refractivity contribution in [1.29, 1.82) is 0 Å². The van der Waals surface area contributed by atoms with Gasteiger partial charge in [-0.05, 0) is 248 Å². The van der Waals surface area contributed by atoms with E-state index in [9.17, 15) is 0 Å². The van der Waals surface area contributed by atoms with E-state index in [0.29, 0.717) is 17.5 Å². The van der Waals surface area contributed by atoms with Gasteiger partial charge in [-0.2, -0.15) is 0 Å². The maximum Gasteiger partial charge on any atom is 0.164 e. The zero-order valence-electron chi connectivity index (χ0n) is 58.9. The van der Waals surface area contributed by atoms with Crippen LogP contribution in [0.4, 0.5) is 68.2 Å². The molecule has 510 valence electrons. The molecular formula is C99H69N9. The highest BCUT2D eigenvalue weighted by Crippen LogP contribution is 2.44. The van der Waals surface area contributed by atoms with Crippen molar-refractivity contribution in [3.8, 4) is 56.7 Å². The van der Waals surface area contributed by atoms with Gasteiger partial charge in [0.2, 0.25) is 0 Å². The van der Waals surface area contributed by atoms with E-state index in [1.165, 1.54) is 32.6 Å². The van der Waals surface area contributed by atoms with Gasteiger partial charge in [-0.25, -0.2) is 15.0 Å². The van der Waals surface area contributed by atoms with Crippen molar-refractivity contribution in [1.82, 2.24) is 24.1 Å². The number of aromatic nitrogens is 5. The Morgan fingerprint density at radius 1 is 0.157 bits per heavy atom. The number of nitrogens with zero attached hydrogens (tertiary/aromatic N) is 9. The minimum absolute atomic E-state index is 0.561. The van der Waals surface area contributed by atoms with Crippen LogP contribution < -0.4 is 19.6 Å². The van der Waals surface area contributed by atoms with Gasteiger partial charge in [0, 0.05) is 118 Å². The molecule has 0 spiro atoms. The highest BCUT2D eigenvalue weighted by molar-refractivity contribution is 6.11. The van der Waals surface area contributed by atoms with E-state index in [1.54, 1.807) is 0 Å². The predicted octanol–water partition coefficient (Wildman–Crippen LogP) is 26.6. The molecule has 0 saturated heterocycles. The Hall–Kier alpha value is -14.7. The lowest BCUT2D eigenvalue weighted by Crippen LogP contribution is -2.10. The van der Waals surface area contributed by atoms with Gasteiger partial charge in [-0.15, -0.1) is 0 Å². The second-order valence-corrected chi connectivity index (χ2v) is 26.8. The molecule has 9 heteroatoms. The van der Waals surface area contributed by atoms with Crippen LogP contribution in [0.25, 0.3) is 100 Å². The maximum atomic E-state index is 5.30. The van der Waals surface area contributed by atoms with Crippen LogP contribution in [-0.2, 0) is 0 Å². The summed E-state index contributed by atoms with van der Waals surface area (Å²) in [6.45, 7) is 0. The topological polar surface area (TPSA) is 61.5 Å². The molecule has 19 rings (SSSR count). The summed E-state index contributed by atoms with van der Waals surface area (Å²) in [6.07, 6.45) is 0. The number of anilines is 12. The maximum absolute atomic E-state index is 5.30. The van der Waals surface area contributed by atoms with E-state index in [-0.39, 0.29) is 0 Å². The van der Waals surface area contributed by atoms with Crippen molar-refractivity contribution in [3.05, 3.63) is 419 Å². The van der Waals surface area contributed by atoms with E-state index in [4.69, 9.17) is 15.0 Å². The van der Waals surface area contributed by atoms with E-state index in [1.807, 2.05) is 24.3 Å². The largest absolute Gasteiger partial charge is 0.311 e. The Bertz CT molecular complexity index is 6100. The number of benzene rings is 16. The molecule has 0 unspecified atom stereocenters. The van der Waals surface area contributed by atoms with Crippen LogP contribution in [-0.4, -0.2) is 24.1 Å². The van der Waals surface area contributed by atoms with Crippen molar-refractivity contribution >= 4 is 112 Å². The summed E-state index contributed by atoms with van der Waals surface area (Å²) in [5, 5.41) is 4.86. The molecule has 0 amide bonds. The fourth-order valence-corrected chi connectivity index (χ4v) is 15.3. The van der Waals surface area contributed by atoms with Crippen molar-refractivity contribution in [2.45, 2.75) is 0 Å². The third-order valence-corrected chi connectivity index (χ3v) is 20.3. The third kappa shape index (κ3) is 12.2. The van der Waals surface area contributed by atoms with Gasteiger partial charge in [0.25, 0.3) is 0 Å². The van der Waals surface area contributed by atoms with Gasteiger partial charge in [0.15, 0.2) is 17.5 Å². The zero-order chi connectivity index (χ0) is 71.7. The molecule has 0 N–H and O–H groups in total. The predicted molar refractivity (Wildman–Crippen MR) is 449 cm³/mol. The minimum atomic E-state index is 0.561. The first-order valence-corrected chi connectivity index (χ1v) is 36.5. The van der Waals surface area contributed by atoms with E-state index >= 15 is 0 Å². The molecule has 0 aliphatic rings. The first kappa shape index (κ1) is 64.2. The van der Waals surface area contributed by atoms with Crippen LogP contribution >= 0.6 is 0 Å². The van der Waals surface area contributed by atoms with Gasteiger partial charge in [-0.3, -0.25) is 0 Å². The van der Waals surface area contributed by atoms with Gasteiger partial charge < -0.3 is 28.7 Å². The van der Waals surface area contributed by atoms with E-state index in [0.717, 1.165) is 118 Å². The second kappa shape index (κ2) is 28.2. The van der Waals surface area contributed by atoms with Crippen LogP contribution in [0.5, 0.6) is 0 Å². The van der Waals surface area contributed by atoms with Gasteiger partial charge in [0.05, 0.1) is 22.1 Å². The second-order valence-electron chi connectivity index (χ2n) is 26.8. The molecule has 0 radical (unpaired) electrons. The zero-order valence-corrected chi connectivity index (χ0v) is 58.9. The Labute approximate surface area is 626 Å². The van der Waals surface area contributed by atoms with Crippen LogP contribution in [0.1, 0.15) is 0 Å². The van der Waals surface area contributed by atoms with Gasteiger partial charge in [-0.1, -0.05) is 182 Å². The molecule has 0 aliphatic carbocycles. The molecule has 16 aromatic carbocycles. The first-order chi connectivity index (χ1) is 53.6. The average molecular weight is 1380 g/mol. The molecule has 19 aromatic rings. The summed E-state index contributed by atoms with van der Waals surface area (Å²) in [6, 6.07) is 148. The molecule has 0 fully saturated rings. The first-order valence-electron chi connectivity index (χ1n) is 36.5. The number of rotatable bonds is 18.